The van der Waals surface area contributed by atoms with E-state index in [0.717, 1.165) is 5.56 Å². The second-order valence-corrected chi connectivity index (χ2v) is 7.30. The number of alkyl halides is 3. The highest BCUT2D eigenvalue weighted by atomic mass is 79.9. The van der Waals surface area contributed by atoms with Crippen molar-refractivity contribution in [3.8, 4) is 16.9 Å². The van der Waals surface area contributed by atoms with E-state index < -0.39 is 12.3 Å². The lowest BCUT2D eigenvalue weighted by Gasteiger charge is -2.14. The van der Waals surface area contributed by atoms with Gasteiger partial charge in [0.25, 0.3) is 5.91 Å². The molecule has 0 atom stereocenters. The summed E-state index contributed by atoms with van der Waals surface area (Å²) in [6.45, 7) is -0.150. The second kappa shape index (κ2) is 8.84. The summed E-state index contributed by atoms with van der Waals surface area (Å²) in [5.74, 6) is -0.866. The normalized spacial score (nSPS) is 11.2. The van der Waals surface area contributed by atoms with Crippen molar-refractivity contribution in [2.45, 2.75) is 12.9 Å². The van der Waals surface area contributed by atoms with Gasteiger partial charge in [0.05, 0.1) is 5.56 Å². The predicted octanol–water partition coefficient (Wildman–Crippen LogP) is 5.99. The molecule has 1 heterocycles. The van der Waals surface area contributed by atoms with Gasteiger partial charge in [0, 0.05) is 39.6 Å². The SMILES string of the molecule is O=C(NCc1ccc(Br)cc1OC(F)(F)F)c1cncc(-c2ccc(Cl)cc2)c1. The van der Waals surface area contributed by atoms with E-state index >= 15 is 0 Å². The number of aromatic nitrogens is 1. The Kier molecular flexibility index (Phi) is 6.44. The van der Waals surface area contributed by atoms with Crippen LogP contribution in [0.15, 0.2) is 65.4 Å². The van der Waals surface area contributed by atoms with Crippen molar-refractivity contribution in [3.05, 3.63) is 81.5 Å². The van der Waals surface area contributed by atoms with E-state index in [0.29, 0.717) is 15.1 Å². The summed E-state index contributed by atoms with van der Waals surface area (Å²) in [6, 6.07) is 12.9. The molecule has 0 bridgehead atoms. The Morgan fingerprint density at radius 3 is 2.48 bits per heavy atom. The molecule has 0 saturated heterocycles. The van der Waals surface area contributed by atoms with E-state index in [1.54, 1.807) is 42.6 Å². The minimum absolute atomic E-state index is 0.150. The molecule has 0 saturated carbocycles. The van der Waals surface area contributed by atoms with Crippen LogP contribution >= 0.6 is 27.5 Å². The zero-order valence-corrected chi connectivity index (χ0v) is 17.0. The van der Waals surface area contributed by atoms with E-state index in [1.807, 2.05) is 0 Å². The van der Waals surface area contributed by atoms with Gasteiger partial charge in [-0.3, -0.25) is 9.78 Å². The first-order valence-corrected chi connectivity index (χ1v) is 9.42. The summed E-state index contributed by atoms with van der Waals surface area (Å²) < 4.78 is 42.3. The van der Waals surface area contributed by atoms with Crippen LogP contribution in [-0.4, -0.2) is 17.3 Å². The molecule has 3 rings (SSSR count). The maximum Gasteiger partial charge on any atom is 0.573 e. The fraction of sp³-hybridized carbons (Fsp3) is 0.100. The molecule has 0 spiro atoms. The van der Waals surface area contributed by atoms with Crippen LogP contribution in [0, 0.1) is 0 Å². The lowest BCUT2D eigenvalue weighted by Crippen LogP contribution is -2.24. The van der Waals surface area contributed by atoms with Gasteiger partial charge in [0.1, 0.15) is 5.75 Å². The summed E-state index contributed by atoms with van der Waals surface area (Å²) in [6.07, 6.45) is -1.86. The van der Waals surface area contributed by atoms with E-state index in [2.05, 4.69) is 31.0 Å². The van der Waals surface area contributed by atoms with Gasteiger partial charge >= 0.3 is 6.36 Å². The van der Waals surface area contributed by atoms with Crippen LogP contribution in [0.2, 0.25) is 5.02 Å². The Bertz CT molecular complexity index is 1030. The van der Waals surface area contributed by atoms with Crippen LogP contribution in [-0.2, 0) is 6.54 Å². The molecule has 29 heavy (non-hydrogen) atoms. The van der Waals surface area contributed by atoms with Gasteiger partial charge < -0.3 is 10.1 Å². The van der Waals surface area contributed by atoms with Crippen molar-refractivity contribution in [2.75, 3.05) is 0 Å². The summed E-state index contributed by atoms with van der Waals surface area (Å²) in [7, 11) is 0. The van der Waals surface area contributed by atoms with Crippen LogP contribution in [0.5, 0.6) is 5.75 Å². The van der Waals surface area contributed by atoms with Crippen LogP contribution in [0.3, 0.4) is 0 Å². The molecule has 0 fully saturated rings. The lowest BCUT2D eigenvalue weighted by molar-refractivity contribution is -0.274. The summed E-state index contributed by atoms with van der Waals surface area (Å²) in [4.78, 5) is 16.5. The highest BCUT2D eigenvalue weighted by molar-refractivity contribution is 9.10. The van der Waals surface area contributed by atoms with Gasteiger partial charge in [0.15, 0.2) is 0 Å². The second-order valence-electron chi connectivity index (χ2n) is 5.95. The quantitative estimate of drug-likeness (QED) is 0.483. The highest BCUT2D eigenvalue weighted by Gasteiger charge is 2.32. The number of hydrogen-bond donors (Lipinski definition) is 1. The first kappa shape index (κ1) is 21.1. The molecule has 9 heteroatoms. The third-order valence-electron chi connectivity index (χ3n) is 3.87. The third-order valence-corrected chi connectivity index (χ3v) is 4.62. The Balaban J connectivity index is 1.75. The van der Waals surface area contributed by atoms with Gasteiger partial charge in [0.2, 0.25) is 0 Å². The lowest BCUT2D eigenvalue weighted by atomic mass is 10.1. The zero-order valence-electron chi connectivity index (χ0n) is 14.6. The molecule has 150 valence electrons. The fourth-order valence-corrected chi connectivity index (χ4v) is 3.00. The van der Waals surface area contributed by atoms with E-state index in [9.17, 15) is 18.0 Å². The summed E-state index contributed by atoms with van der Waals surface area (Å²) >= 11 is 8.98. The minimum atomic E-state index is -4.84. The number of hydrogen-bond acceptors (Lipinski definition) is 3. The van der Waals surface area contributed by atoms with Gasteiger partial charge in [-0.2, -0.15) is 0 Å². The van der Waals surface area contributed by atoms with E-state index in [1.165, 1.54) is 18.3 Å². The molecule has 1 N–H and O–H groups in total. The largest absolute Gasteiger partial charge is 0.573 e. The number of amides is 1. The van der Waals surface area contributed by atoms with Gasteiger partial charge in [-0.1, -0.05) is 45.7 Å². The molecule has 0 aliphatic carbocycles. The Morgan fingerprint density at radius 1 is 1.07 bits per heavy atom. The molecular weight excluding hydrogens is 473 g/mol. The molecule has 0 aliphatic rings. The first-order chi connectivity index (χ1) is 13.7. The average molecular weight is 486 g/mol. The number of nitrogens with zero attached hydrogens (tertiary/aromatic N) is 1. The molecule has 1 amide bonds. The van der Waals surface area contributed by atoms with Gasteiger partial charge in [-0.15, -0.1) is 13.2 Å². The molecular formula is C20H13BrClF3N2O2. The van der Waals surface area contributed by atoms with E-state index in [-0.39, 0.29) is 23.4 Å². The van der Waals surface area contributed by atoms with Crippen LogP contribution in [0.25, 0.3) is 11.1 Å². The molecule has 0 radical (unpaired) electrons. The standard InChI is InChI=1S/C20H13BrClF3N2O2/c21-16-4-1-13(18(8-16)29-20(23,24)25)11-27-19(28)15-7-14(9-26-10-15)12-2-5-17(22)6-3-12/h1-10H,11H2,(H,27,28). The average Bonchev–Trinajstić information content (AvgIpc) is 2.66. The van der Waals surface area contributed by atoms with Gasteiger partial charge in [-0.05, 0) is 35.9 Å². The fourth-order valence-electron chi connectivity index (χ4n) is 2.54. The maximum atomic E-state index is 12.6. The molecule has 0 aliphatic heterocycles. The maximum absolute atomic E-state index is 12.6. The Morgan fingerprint density at radius 2 is 1.79 bits per heavy atom. The molecule has 0 unspecified atom stereocenters. The molecule has 2 aromatic carbocycles. The smallest absolute Gasteiger partial charge is 0.405 e. The van der Waals surface area contributed by atoms with E-state index in [4.69, 9.17) is 11.6 Å². The summed E-state index contributed by atoms with van der Waals surface area (Å²) in [5.41, 5.74) is 1.98. The number of carbonyl (C=O) groups excluding carboxylic acids is 1. The molecule has 3 aromatic rings. The number of halogens is 5. The number of benzene rings is 2. The Labute approximate surface area is 177 Å². The molecule has 4 nitrogen and oxygen atoms in total. The monoisotopic (exact) mass is 484 g/mol. The number of rotatable bonds is 5. The van der Waals surface area contributed by atoms with Gasteiger partial charge in [-0.25, -0.2) is 0 Å². The topological polar surface area (TPSA) is 51.2 Å². The first-order valence-electron chi connectivity index (χ1n) is 8.24. The number of pyridine rings is 1. The van der Waals surface area contributed by atoms with Crippen molar-refractivity contribution in [1.82, 2.24) is 10.3 Å². The zero-order chi connectivity index (χ0) is 21.0. The number of nitrogens with one attached hydrogen (secondary N) is 1. The van der Waals surface area contributed by atoms with Crippen molar-refractivity contribution in [2.24, 2.45) is 0 Å². The van der Waals surface area contributed by atoms with Crippen molar-refractivity contribution < 1.29 is 22.7 Å². The van der Waals surface area contributed by atoms with Crippen molar-refractivity contribution in [3.63, 3.8) is 0 Å². The summed E-state index contributed by atoms with van der Waals surface area (Å²) in [5, 5.41) is 3.17. The predicted molar refractivity (Wildman–Crippen MR) is 107 cm³/mol. The third kappa shape index (κ3) is 5.95. The highest BCUT2D eigenvalue weighted by Crippen LogP contribution is 2.29. The Hall–Kier alpha value is -2.58. The van der Waals surface area contributed by atoms with Crippen molar-refractivity contribution >= 4 is 33.4 Å². The number of carbonyl (C=O) groups is 1. The minimum Gasteiger partial charge on any atom is -0.405 e. The van der Waals surface area contributed by atoms with Crippen LogP contribution in [0.4, 0.5) is 13.2 Å². The number of ether oxygens (including phenoxy) is 1. The molecule has 1 aromatic heterocycles. The van der Waals surface area contributed by atoms with Crippen LogP contribution in [0.1, 0.15) is 15.9 Å². The van der Waals surface area contributed by atoms with Crippen molar-refractivity contribution in [1.29, 1.82) is 0 Å². The van der Waals surface area contributed by atoms with Crippen LogP contribution < -0.4 is 10.1 Å².